The van der Waals surface area contributed by atoms with Crippen LogP contribution in [0.25, 0.3) is 11.3 Å². The molecule has 0 spiro atoms. The van der Waals surface area contributed by atoms with Crippen LogP contribution < -0.4 is 0 Å². The number of fused-ring (bicyclic) bond motifs is 3. The topological polar surface area (TPSA) is 58.3 Å². The average Bonchev–Trinajstić information content (AvgIpc) is 3.41. The highest BCUT2D eigenvalue weighted by Crippen LogP contribution is 2.68. The molecule has 4 nitrogen and oxygen atoms in total. The Hall–Kier alpha value is -2.50. The molecule has 4 unspecified atom stereocenters. The number of hydrogen-bond donors (Lipinski definition) is 2. The van der Waals surface area contributed by atoms with Gasteiger partial charge in [0.1, 0.15) is 5.82 Å². The van der Waals surface area contributed by atoms with Crippen LogP contribution in [0.15, 0.2) is 61.1 Å². The monoisotopic (exact) mass is 444 g/mol. The van der Waals surface area contributed by atoms with Gasteiger partial charge in [-0.1, -0.05) is 42.5 Å². The normalized spacial score (nSPS) is 36.6. The van der Waals surface area contributed by atoms with E-state index in [-0.39, 0.29) is 29.1 Å². The second-order valence-corrected chi connectivity index (χ2v) is 11.1. The van der Waals surface area contributed by atoms with Gasteiger partial charge in [0, 0.05) is 11.1 Å². The summed E-state index contributed by atoms with van der Waals surface area (Å²) in [5, 5.41) is 23.7. The van der Waals surface area contributed by atoms with E-state index in [9.17, 15) is 14.6 Å². The smallest absolute Gasteiger partial charge is 0.129 e. The molecule has 1 aromatic heterocycles. The number of hydrogen-bond acceptors (Lipinski definition) is 3. The highest BCUT2D eigenvalue weighted by molar-refractivity contribution is 5.69. The Morgan fingerprint density at radius 1 is 1.03 bits per heavy atom. The summed E-state index contributed by atoms with van der Waals surface area (Å²) in [5.74, 6) is 0.671. The number of nitrogens with zero attached hydrogens (tertiary/aromatic N) is 2. The lowest BCUT2D eigenvalue weighted by atomic mass is 9.42. The van der Waals surface area contributed by atoms with Crippen molar-refractivity contribution in [1.82, 2.24) is 9.55 Å². The fourth-order valence-electron chi connectivity index (χ4n) is 8.32. The molecule has 4 aliphatic carbocycles. The van der Waals surface area contributed by atoms with Crippen LogP contribution in [0.3, 0.4) is 0 Å². The minimum Gasteiger partial charge on any atom is -0.392 e. The van der Waals surface area contributed by atoms with Crippen molar-refractivity contribution in [2.24, 2.45) is 23.2 Å². The van der Waals surface area contributed by atoms with Gasteiger partial charge in [0.15, 0.2) is 0 Å². The quantitative estimate of drug-likeness (QED) is 0.592. The molecule has 2 heterocycles. The zero-order chi connectivity index (χ0) is 22.4. The third-order valence-electron chi connectivity index (χ3n) is 9.54. The molecule has 4 fully saturated rings. The highest BCUT2D eigenvalue weighted by Gasteiger charge is 2.64. The van der Waals surface area contributed by atoms with Crippen LogP contribution in [-0.2, 0) is 5.60 Å². The predicted molar refractivity (Wildman–Crippen MR) is 123 cm³/mol. The standard InChI is InChI=1S/C28H29FN2O2/c29-22-8-4-7-21-24-15-30-16-31(24)23(26(21)22)11-25(32)27-12-17-9-19(13-27)28(33,20(10-17)14-27)18-5-2-1-3-6-18/h1-8,15-17,19-20,23,25,32-33H,9-14H2. The molecule has 2 aromatic carbocycles. The summed E-state index contributed by atoms with van der Waals surface area (Å²) in [6.07, 6.45) is 8.23. The molecule has 170 valence electrons. The van der Waals surface area contributed by atoms with Crippen molar-refractivity contribution >= 4 is 0 Å². The number of halogens is 1. The summed E-state index contributed by atoms with van der Waals surface area (Å²) in [5.41, 5.74) is 2.51. The molecule has 1 aliphatic heterocycles. The maximum Gasteiger partial charge on any atom is 0.129 e. The first kappa shape index (κ1) is 19.9. The third kappa shape index (κ3) is 2.61. The lowest BCUT2D eigenvalue weighted by Gasteiger charge is -2.65. The van der Waals surface area contributed by atoms with Gasteiger partial charge < -0.3 is 14.8 Å². The molecule has 8 rings (SSSR count). The lowest BCUT2D eigenvalue weighted by molar-refractivity contribution is -0.230. The van der Waals surface area contributed by atoms with Crippen molar-refractivity contribution < 1.29 is 14.6 Å². The Balaban J connectivity index is 1.22. The first-order chi connectivity index (χ1) is 16.0. The second kappa shape index (κ2) is 6.77. The molecule has 3 aromatic rings. The van der Waals surface area contributed by atoms with Gasteiger partial charge in [0.05, 0.1) is 36.0 Å². The molecule has 0 radical (unpaired) electrons. The summed E-state index contributed by atoms with van der Waals surface area (Å²) >= 11 is 0. The Morgan fingerprint density at radius 3 is 2.55 bits per heavy atom. The number of aliphatic hydroxyl groups is 2. The summed E-state index contributed by atoms with van der Waals surface area (Å²) in [4.78, 5) is 4.30. The van der Waals surface area contributed by atoms with E-state index >= 15 is 0 Å². The summed E-state index contributed by atoms with van der Waals surface area (Å²) in [6, 6.07) is 15.1. The van der Waals surface area contributed by atoms with Gasteiger partial charge in [-0.15, -0.1) is 0 Å². The van der Waals surface area contributed by atoms with Gasteiger partial charge in [-0.3, -0.25) is 0 Å². The number of aliphatic hydroxyl groups excluding tert-OH is 1. The van der Waals surface area contributed by atoms with Gasteiger partial charge in [-0.05, 0) is 73.3 Å². The van der Waals surface area contributed by atoms with E-state index in [1.807, 2.05) is 28.8 Å². The van der Waals surface area contributed by atoms with Crippen molar-refractivity contribution in [1.29, 1.82) is 0 Å². The maximum atomic E-state index is 14.9. The van der Waals surface area contributed by atoms with Crippen molar-refractivity contribution in [2.75, 3.05) is 0 Å². The highest BCUT2D eigenvalue weighted by atomic mass is 19.1. The second-order valence-electron chi connectivity index (χ2n) is 11.1. The van der Waals surface area contributed by atoms with E-state index in [1.54, 1.807) is 18.6 Å². The largest absolute Gasteiger partial charge is 0.392 e. The average molecular weight is 445 g/mol. The Kier molecular flexibility index (Phi) is 4.09. The molecular formula is C28H29FN2O2. The molecule has 4 atom stereocenters. The minimum atomic E-state index is -0.801. The molecule has 2 N–H and O–H groups in total. The Bertz CT molecular complexity index is 1210. The fraction of sp³-hybridized carbons (Fsp3) is 0.464. The van der Waals surface area contributed by atoms with Gasteiger partial charge >= 0.3 is 0 Å². The minimum absolute atomic E-state index is 0.164. The molecule has 4 bridgehead atoms. The van der Waals surface area contributed by atoms with Crippen LogP contribution in [0.5, 0.6) is 0 Å². The predicted octanol–water partition coefficient (Wildman–Crippen LogP) is 5.06. The summed E-state index contributed by atoms with van der Waals surface area (Å²) in [6.45, 7) is 0. The first-order valence-electron chi connectivity index (χ1n) is 12.3. The van der Waals surface area contributed by atoms with Gasteiger partial charge in [-0.2, -0.15) is 0 Å². The van der Waals surface area contributed by atoms with E-state index < -0.39 is 11.7 Å². The summed E-state index contributed by atoms with van der Waals surface area (Å²) < 4.78 is 17.0. The third-order valence-corrected chi connectivity index (χ3v) is 9.54. The van der Waals surface area contributed by atoms with E-state index in [0.29, 0.717) is 17.9 Å². The van der Waals surface area contributed by atoms with Gasteiger partial charge in [0.2, 0.25) is 0 Å². The number of benzene rings is 2. The molecule has 5 aliphatic rings. The van der Waals surface area contributed by atoms with Crippen molar-refractivity contribution in [3.05, 3.63) is 78.0 Å². The fourth-order valence-corrected chi connectivity index (χ4v) is 8.32. The van der Waals surface area contributed by atoms with E-state index in [0.717, 1.165) is 48.9 Å². The van der Waals surface area contributed by atoms with Crippen molar-refractivity contribution in [3.8, 4) is 11.3 Å². The number of rotatable bonds is 4. The molecular weight excluding hydrogens is 415 g/mol. The van der Waals surface area contributed by atoms with E-state index in [4.69, 9.17) is 0 Å². The van der Waals surface area contributed by atoms with Gasteiger partial charge in [-0.25, -0.2) is 9.37 Å². The van der Waals surface area contributed by atoms with Gasteiger partial charge in [0.25, 0.3) is 0 Å². The molecule has 4 saturated carbocycles. The first-order valence-corrected chi connectivity index (χ1v) is 12.3. The zero-order valence-corrected chi connectivity index (χ0v) is 18.6. The zero-order valence-electron chi connectivity index (χ0n) is 18.6. The maximum absolute atomic E-state index is 14.9. The van der Waals surface area contributed by atoms with Crippen molar-refractivity contribution in [3.63, 3.8) is 0 Å². The lowest BCUT2D eigenvalue weighted by Crippen LogP contribution is -2.62. The van der Waals surface area contributed by atoms with E-state index in [2.05, 4.69) is 17.1 Å². The van der Waals surface area contributed by atoms with Crippen LogP contribution in [0, 0.1) is 29.0 Å². The number of imidazole rings is 1. The van der Waals surface area contributed by atoms with Crippen LogP contribution in [0.4, 0.5) is 4.39 Å². The number of aromatic nitrogens is 2. The van der Waals surface area contributed by atoms with Crippen LogP contribution in [-0.4, -0.2) is 25.9 Å². The van der Waals surface area contributed by atoms with Crippen molar-refractivity contribution in [2.45, 2.75) is 56.3 Å². The Labute approximate surface area is 193 Å². The molecule has 0 amide bonds. The molecule has 0 saturated heterocycles. The Morgan fingerprint density at radius 2 is 1.79 bits per heavy atom. The van der Waals surface area contributed by atoms with E-state index in [1.165, 1.54) is 6.07 Å². The van der Waals surface area contributed by atoms with Crippen LogP contribution in [0.1, 0.15) is 55.7 Å². The molecule has 5 heteroatoms. The van der Waals surface area contributed by atoms with Crippen LogP contribution in [0.2, 0.25) is 0 Å². The molecule has 33 heavy (non-hydrogen) atoms. The van der Waals surface area contributed by atoms with Crippen LogP contribution >= 0.6 is 0 Å². The SMILES string of the molecule is OC(CC1c2c(F)cccc2-c2cncn21)C12CC3CC(C1)C(O)(c1ccccc1)C(C3)C2. The summed E-state index contributed by atoms with van der Waals surface area (Å²) in [7, 11) is 0.